The second-order valence-electron chi connectivity index (χ2n) is 3.41. The van der Waals surface area contributed by atoms with Crippen LogP contribution < -0.4 is 0 Å². The molecule has 3 nitrogen and oxygen atoms in total. The van der Waals surface area contributed by atoms with Gasteiger partial charge in [-0.3, -0.25) is 0 Å². The lowest BCUT2D eigenvalue weighted by Gasteiger charge is -2.23. The van der Waals surface area contributed by atoms with Crippen LogP contribution in [-0.2, 0) is 4.79 Å². The molecule has 0 spiro atoms. The second kappa shape index (κ2) is 3.17. The first kappa shape index (κ1) is 9.10. The molecule has 1 aliphatic rings. The minimum Gasteiger partial charge on any atom is -0.303 e. The van der Waals surface area contributed by atoms with Gasteiger partial charge in [0, 0.05) is 23.3 Å². The third-order valence-electron chi connectivity index (χ3n) is 2.71. The van der Waals surface area contributed by atoms with E-state index in [2.05, 4.69) is 17.1 Å². The number of hydrogen-bond acceptors (Lipinski definition) is 3. The standard InChI is InChI=1S/C9H14N2O/c1-7-9(3,5-4-6-12)8(2)11-10-7/h6H,4-5H2,1-3H3. The van der Waals surface area contributed by atoms with Crippen molar-refractivity contribution in [1.82, 2.24) is 0 Å². The Morgan fingerprint density at radius 3 is 2.25 bits per heavy atom. The number of hydrogen-bond donors (Lipinski definition) is 0. The Balaban J connectivity index is 2.75. The number of aldehydes is 1. The van der Waals surface area contributed by atoms with Gasteiger partial charge in [0.05, 0.1) is 0 Å². The van der Waals surface area contributed by atoms with Gasteiger partial charge in [-0.05, 0) is 27.2 Å². The number of carbonyl (C=O) groups is 1. The van der Waals surface area contributed by atoms with E-state index in [4.69, 9.17) is 0 Å². The van der Waals surface area contributed by atoms with Gasteiger partial charge in [-0.15, -0.1) is 0 Å². The van der Waals surface area contributed by atoms with Gasteiger partial charge in [0.1, 0.15) is 6.29 Å². The van der Waals surface area contributed by atoms with E-state index in [1.165, 1.54) is 0 Å². The monoisotopic (exact) mass is 166 g/mol. The van der Waals surface area contributed by atoms with Crippen LogP contribution in [0.25, 0.3) is 0 Å². The Bertz CT molecular complexity index is 235. The van der Waals surface area contributed by atoms with Gasteiger partial charge in [-0.25, -0.2) is 0 Å². The van der Waals surface area contributed by atoms with Crippen molar-refractivity contribution in [1.29, 1.82) is 0 Å². The quantitative estimate of drug-likeness (QED) is 0.589. The zero-order valence-corrected chi connectivity index (χ0v) is 7.79. The van der Waals surface area contributed by atoms with E-state index in [1.54, 1.807) is 0 Å². The molecule has 1 heterocycles. The molecule has 0 saturated heterocycles. The van der Waals surface area contributed by atoms with Crippen LogP contribution in [-0.4, -0.2) is 17.7 Å². The number of nitrogens with zero attached hydrogens (tertiary/aromatic N) is 2. The Labute approximate surface area is 72.6 Å². The molecule has 66 valence electrons. The first-order valence-corrected chi connectivity index (χ1v) is 4.14. The zero-order chi connectivity index (χ0) is 9.19. The van der Waals surface area contributed by atoms with Crippen LogP contribution in [0, 0.1) is 5.41 Å². The average molecular weight is 166 g/mol. The van der Waals surface area contributed by atoms with Crippen LogP contribution in [0.15, 0.2) is 10.2 Å². The molecule has 0 amide bonds. The van der Waals surface area contributed by atoms with E-state index in [-0.39, 0.29) is 5.41 Å². The molecule has 1 rings (SSSR count). The molecule has 0 bridgehead atoms. The minimum absolute atomic E-state index is 0.0685. The summed E-state index contributed by atoms with van der Waals surface area (Å²) in [6.45, 7) is 6.01. The molecule has 0 atom stereocenters. The van der Waals surface area contributed by atoms with E-state index in [1.807, 2.05) is 13.8 Å². The number of carbonyl (C=O) groups excluding carboxylic acids is 1. The van der Waals surface area contributed by atoms with Crippen molar-refractivity contribution in [2.45, 2.75) is 33.6 Å². The van der Waals surface area contributed by atoms with Crippen molar-refractivity contribution in [2.75, 3.05) is 0 Å². The minimum atomic E-state index is -0.0685. The topological polar surface area (TPSA) is 41.8 Å². The van der Waals surface area contributed by atoms with Gasteiger partial charge in [-0.2, -0.15) is 10.2 Å². The fraction of sp³-hybridized carbons (Fsp3) is 0.667. The first-order valence-electron chi connectivity index (χ1n) is 4.14. The van der Waals surface area contributed by atoms with Crippen LogP contribution in [0.1, 0.15) is 33.6 Å². The third-order valence-corrected chi connectivity index (χ3v) is 2.71. The van der Waals surface area contributed by atoms with Gasteiger partial charge in [0.2, 0.25) is 0 Å². The largest absolute Gasteiger partial charge is 0.303 e. The van der Waals surface area contributed by atoms with Gasteiger partial charge in [0.15, 0.2) is 0 Å². The molecular formula is C9H14N2O. The smallest absolute Gasteiger partial charge is 0.120 e. The lowest BCUT2D eigenvalue weighted by Crippen LogP contribution is -2.30. The lowest BCUT2D eigenvalue weighted by molar-refractivity contribution is -0.108. The summed E-state index contributed by atoms with van der Waals surface area (Å²) < 4.78 is 0. The van der Waals surface area contributed by atoms with Crippen LogP contribution in [0.4, 0.5) is 0 Å². The van der Waals surface area contributed by atoms with E-state index >= 15 is 0 Å². The predicted molar refractivity (Wildman–Crippen MR) is 49.6 cm³/mol. The molecule has 0 aromatic carbocycles. The second-order valence-corrected chi connectivity index (χ2v) is 3.41. The highest BCUT2D eigenvalue weighted by molar-refractivity contribution is 6.12. The number of rotatable bonds is 3. The maximum absolute atomic E-state index is 10.2. The van der Waals surface area contributed by atoms with Crippen molar-refractivity contribution in [2.24, 2.45) is 15.6 Å². The zero-order valence-electron chi connectivity index (χ0n) is 7.79. The van der Waals surface area contributed by atoms with E-state index < -0.39 is 0 Å². The summed E-state index contributed by atoms with van der Waals surface area (Å²) in [5.74, 6) is 0. The summed E-state index contributed by atoms with van der Waals surface area (Å²) >= 11 is 0. The summed E-state index contributed by atoms with van der Waals surface area (Å²) in [5, 5.41) is 8.02. The molecule has 12 heavy (non-hydrogen) atoms. The molecule has 1 aliphatic heterocycles. The van der Waals surface area contributed by atoms with Crippen LogP contribution in [0.3, 0.4) is 0 Å². The van der Waals surface area contributed by atoms with Gasteiger partial charge < -0.3 is 4.79 Å². The van der Waals surface area contributed by atoms with Crippen molar-refractivity contribution >= 4 is 17.7 Å². The third kappa shape index (κ3) is 1.31. The molecule has 0 aromatic heterocycles. The van der Waals surface area contributed by atoms with Crippen LogP contribution >= 0.6 is 0 Å². The summed E-state index contributed by atoms with van der Waals surface area (Å²) in [6.07, 6.45) is 2.35. The summed E-state index contributed by atoms with van der Waals surface area (Å²) in [5.41, 5.74) is 1.96. The van der Waals surface area contributed by atoms with Gasteiger partial charge in [-0.1, -0.05) is 0 Å². The SMILES string of the molecule is CC1=NN=C(C)C1(C)CCC=O. The Hall–Kier alpha value is -0.990. The van der Waals surface area contributed by atoms with Crippen molar-refractivity contribution in [3.8, 4) is 0 Å². The van der Waals surface area contributed by atoms with Crippen molar-refractivity contribution < 1.29 is 4.79 Å². The maximum atomic E-state index is 10.2. The van der Waals surface area contributed by atoms with Crippen molar-refractivity contribution in [3.05, 3.63) is 0 Å². The van der Waals surface area contributed by atoms with Crippen LogP contribution in [0.2, 0.25) is 0 Å². The molecule has 0 saturated carbocycles. The van der Waals surface area contributed by atoms with Crippen molar-refractivity contribution in [3.63, 3.8) is 0 Å². The predicted octanol–water partition coefficient (Wildman–Crippen LogP) is 1.82. The molecule has 0 unspecified atom stereocenters. The summed E-state index contributed by atoms with van der Waals surface area (Å²) in [4.78, 5) is 10.2. The molecule has 0 radical (unpaired) electrons. The average Bonchev–Trinajstić information content (AvgIpc) is 2.30. The maximum Gasteiger partial charge on any atom is 0.120 e. The van der Waals surface area contributed by atoms with Gasteiger partial charge >= 0.3 is 0 Å². The molecule has 3 heteroatoms. The molecule has 0 fully saturated rings. The summed E-state index contributed by atoms with van der Waals surface area (Å²) in [6, 6.07) is 0. The van der Waals surface area contributed by atoms with Gasteiger partial charge in [0.25, 0.3) is 0 Å². The lowest BCUT2D eigenvalue weighted by atomic mass is 9.78. The molecular weight excluding hydrogens is 152 g/mol. The Morgan fingerprint density at radius 2 is 1.83 bits per heavy atom. The Kier molecular flexibility index (Phi) is 2.40. The van der Waals surface area contributed by atoms with E-state index in [9.17, 15) is 4.79 Å². The fourth-order valence-corrected chi connectivity index (χ4v) is 1.34. The fourth-order valence-electron chi connectivity index (χ4n) is 1.34. The molecule has 0 N–H and O–H groups in total. The normalized spacial score (nSPS) is 20.2. The summed E-state index contributed by atoms with van der Waals surface area (Å²) in [7, 11) is 0. The first-order chi connectivity index (χ1) is 5.61. The highest BCUT2D eigenvalue weighted by Crippen LogP contribution is 2.30. The molecule has 0 aliphatic carbocycles. The van der Waals surface area contributed by atoms with E-state index in [0.717, 1.165) is 24.1 Å². The van der Waals surface area contributed by atoms with Crippen LogP contribution in [0.5, 0.6) is 0 Å². The highest BCUT2D eigenvalue weighted by atomic mass is 16.1. The van der Waals surface area contributed by atoms with E-state index in [0.29, 0.717) is 6.42 Å². The molecule has 0 aromatic rings. The Morgan fingerprint density at radius 1 is 1.33 bits per heavy atom. The highest BCUT2D eigenvalue weighted by Gasteiger charge is 2.34.